The van der Waals surface area contributed by atoms with Crippen molar-refractivity contribution in [3.63, 3.8) is 0 Å². The Labute approximate surface area is 106 Å². The van der Waals surface area contributed by atoms with Gasteiger partial charge in [-0.3, -0.25) is 0 Å². The molecule has 0 aromatic heterocycles. The highest BCUT2D eigenvalue weighted by Gasteiger charge is 2.06. The highest BCUT2D eigenvalue weighted by Crippen LogP contribution is 2.30. The van der Waals surface area contributed by atoms with Gasteiger partial charge in [0, 0.05) is 11.6 Å². The van der Waals surface area contributed by atoms with E-state index in [2.05, 4.69) is 0 Å². The molecule has 0 aliphatic heterocycles. The van der Waals surface area contributed by atoms with E-state index in [1.807, 2.05) is 38.1 Å². The number of phenolic OH excluding ortho intramolecular Hbond substituents is 1. The number of aromatic hydroxyl groups is 1. The Bertz CT molecular complexity index is 533. The second-order valence-corrected chi connectivity index (χ2v) is 4.35. The topological polar surface area (TPSA) is 29.5 Å². The third-order valence-electron chi connectivity index (χ3n) is 2.50. The fourth-order valence-electron chi connectivity index (χ4n) is 1.73. The largest absolute Gasteiger partial charge is 0.507 e. The summed E-state index contributed by atoms with van der Waals surface area (Å²) < 4.78 is 18.4. The summed E-state index contributed by atoms with van der Waals surface area (Å²) in [6, 6.07) is 11.3. The summed E-state index contributed by atoms with van der Waals surface area (Å²) in [4.78, 5) is 0. The van der Waals surface area contributed by atoms with Crippen LogP contribution in [0.4, 0.5) is 4.39 Å². The lowest BCUT2D eigenvalue weighted by Crippen LogP contribution is -2.05. The molecular formula is C15H15FO2. The zero-order valence-electron chi connectivity index (χ0n) is 10.4. The standard InChI is InChI=1S/C15H15FO2/c1-10(2)18-13-6-3-11(4-7-13)14-8-5-12(16)9-15(14)17/h3-10,17H,1-2H3. The van der Waals surface area contributed by atoms with E-state index in [1.165, 1.54) is 6.07 Å². The predicted molar refractivity (Wildman–Crippen MR) is 69.3 cm³/mol. The quantitative estimate of drug-likeness (QED) is 0.887. The van der Waals surface area contributed by atoms with Gasteiger partial charge >= 0.3 is 0 Å². The molecular weight excluding hydrogens is 231 g/mol. The monoisotopic (exact) mass is 246 g/mol. The van der Waals surface area contributed by atoms with Crippen molar-refractivity contribution in [2.75, 3.05) is 0 Å². The highest BCUT2D eigenvalue weighted by molar-refractivity contribution is 5.70. The molecule has 0 bridgehead atoms. The van der Waals surface area contributed by atoms with Crippen molar-refractivity contribution in [2.24, 2.45) is 0 Å². The van der Waals surface area contributed by atoms with E-state index in [1.54, 1.807) is 6.07 Å². The summed E-state index contributed by atoms with van der Waals surface area (Å²) in [7, 11) is 0. The molecule has 18 heavy (non-hydrogen) atoms. The predicted octanol–water partition coefficient (Wildman–Crippen LogP) is 3.99. The van der Waals surface area contributed by atoms with Gasteiger partial charge in [-0.05, 0) is 43.7 Å². The maximum Gasteiger partial charge on any atom is 0.126 e. The third-order valence-corrected chi connectivity index (χ3v) is 2.50. The second kappa shape index (κ2) is 5.08. The Balaban J connectivity index is 2.28. The number of hydrogen-bond acceptors (Lipinski definition) is 2. The minimum Gasteiger partial charge on any atom is -0.507 e. The zero-order chi connectivity index (χ0) is 13.1. The number of benzene rings is 2. The van der Waals surface area contributed by atoms with Gasteiger partial charge in [0.25, 0.3) is 0 Å². The average Bonchev–Trinajstić information content (AvgIpc) is 2.30. The lowest BCUT2D eigenvalue weighted by molar-refractivity contribution is 0.242. The van der Waals surface area contributed by atoms with Crippen molar-refractivity contribution in [1.82, 2.24) is 0 Å². The number of ether oxygens (including phenoxy) is 1. The van der Waals surface area contributed by atoms with Gasteiger partial charge in [0.1, 0.15) is 17.3 Å². The van der Waals surface area contributed by atoms with Crippen molar-refractivity contribution < 1.29 is 14.2 Å². The first kappa shape index (κ1) is 12.4. The van der Waals surface area contributed by atoms with Crippen molar-refractivity contribution in [2.45, 2.75) is 20.0 Å². The second-order valence-electron chi connectivity index (χ2n) is 4.35. The van der Waals surface area contributed by atoms with Crippen LogP contribution in [0.3, 0.4) is 0 Å². The summed E-state index contributed by atoms with van der Waals surface area (Å²) in [6.07, 6.45) is 0.120. The van der Waals surface area contributed by atoms with Crippen LogP contribution in [-0.4, -0.2) is 11.2 Å². The SMILES string of the molecule is CC(C)Oc1ccc(-c2ccc(F)cc2O)cc1. The van der Waals surface area contributed by atoms with E-state index >= 15 is 0 Å². The van der Waals surface area contributed by atoms with Gasteiger partial charge in [0.15, 0.2) is 0 Å². The summed E-state index contributed by atoms with van der Waals surface area (Å²) in [5.74, 6) is 0.263. The number of phenols is 1. The molecule has 2 aromatic rings. The van der Waals surface area contributed by atoms with E-state index < -0.39 is 5.82 Å². The molecule has 94 valence electrons. The molecule has 0 unspecified atom stereocenters. The van der Waals surface area contributed by atoms with E-state index in [9.17, 15) is 9.50 Å². The Morgan fingerprint density at radius 1 is 1.06 bits per heavy atom. The number of hydrogen-bond donors (Lipinski definition) is 1. The van der Waals surface area contributed by atoms with Gasteiger partial charge in [-0.1, -0.05) is 12.1 Å². The molecule has 0 atom stereocenters. The molecule has 2 nitrogen and oxygen atoms in total. The first-order valence-corrected chi connectivity index (χ1v) is 5.82. The summed E-state index contributed by atoms with van der Waals surface area (Å²) in [5, 5.41) is 9.69. The van der Waals surface area contributed by atoms with Gasteiger partial charge in [0.05, 0.1) is 6.10 Å². The Hall–Kier alpha value is -2.03. The minimum absolute atomic E-state index is 0.0625. The lowest BCUT2D eigenvalue weighted by atomic mass is 10.0. The lowest BCUT2D eigenvalue weighted by Gasteiger charge is -2.10. The van der Waals surface area contributed by atoms with Crippen LogP contribution in [0, 0.1) is 5.82 Å². The fourth-order valence-corrected chi connectivity index (χ4v) is 1.73. The normalized spacial score (nSPS) is 10.7. The Kier molecular flexibility index (Phi) is 3.51. The van der Waals surface area contributed by atoms with Crippen molar-refractivity contribution >= 4 is 0 Å². The van der Waals surface area contributed by atoms with E-state index in [-0.39, 0.29) is 11.9 Å². The maximum absolute atomic E-state index is 12.9. The van der Waals surface area contributed by atoms with Crippen LogP contribution in [0.15, 0.2) is 42.5 Å². The molecule has 1 N–H and O–H groups in total. The van der Waals surface area contributed by atoms with Crippen LogP contribution in [0.1, 0.15) is 13.8 Å². The van der Waals surface area contributed by atoms with E-state index in [4.69, 9.17) is 4.74 Å². The molecule has 3 heteroatoms. The Morgan fingerprint density at radius 3 is 2.28 bits per heavy atom. The summed E-state index contributed by atoms with van der Waals surface area (Å²) in [5.41, 5.74) is 1.43. The zero-order valence-corrected chi connectivity index (χ0v) is 10.4. The number of rotatable bonds is 3. The van der Waals surface area contributed by atoms with Gasteiger partial charge < -0.3 is 9.84 Å². The van der Waals surface area contributed by atoms with Crippen LogP contribution < -0.4 is 4.74 Å². The molecule has 0 aliphatic carbocycles. The van der Waals surface area contributed by atoms with Gasteiger partial charge in [-0.2, -0.15) is 0 Å². The smallest absolute Gasteiger partial charge is 0.126 e. The maximum atomic E-state index is 12.9. The molecule has 2 rings (SSSR count). The third kappa shape index (κ3) is 2.80. The summed E-state index contributed by atoms with van der Waals surface area (Å²) >= 11 is 0. The fraction of sp³-hybridized carbons (Fsp3) is 0.200. The molecule has 0 spiro atoms. The molecule has 0 fully saturated rings. The molecule has 0 aliphatic rings. The van der Waals surface area contributed by atoms with Crippen molar-refractivity contribution in [3.05, 3.63) is 48.3 Å². The van der Waals surface area contributed by atoms with Gasteiger partial charge in [0.2, 0.25) is 0 Å². The number of halogens is 1. The van der Waals surface area contributed by atoms with Crippen LogP contribution in [0.5, 0.6) is 11.5 Å². The van der Waals surface area contributed by atoms with Gasteiger partial charge in [-0.25, -0.2) is 4.39 Å². The summed E-state index contributed by atoms with van der Waals surface area (Å²) in [6.45, 7) is 3.92. The molecule has 0 heterocycles. The van der Waals surface area contributed by atoms with Crippen LogP contribution in [0.25, 0.3) is 11.1 Å². The van der Waals surface area contributed by atoms with Crippen molar-refractivity contribution in [3.8, 4) is 22.6 Å². The Morgan fingerprint density at radius 2 is 1.72 bits per heavy atom. The van der Waals surface area contributed by atoms with Crippen molar-refractivity contribution in [1.29, 1.82) is 0 Å². The van der Waals surface area contributed by atoms with Gasteiger partial charge in [-0.15, -0.1) is 0 Å². The molecule has 0 amide bonds. The van der Waals surface area contributed by atoms with E-state index in [0.717, 1.165) is 17.4 Å². The first-order chi connectivity index (χ1) is 8.56. The minimum atomic E-state index is -0.448. The highest BCUT2D eigenvalue weighted by atomic mass is 19.1. The van der Waals surface area contributed by atoms with E-state index in [0.29, 0.717) is 5.56 Å². The molecule has 0 radical (unpaired) electrons. The molecule has 0 saturated carbocycles. The van der Waals surface area contributed by atoms with Crippen LogP contribution >= 0.6 is 0 Å². The average molecular weight is 246 g/mol. The van der Waals surface area contributed by atoms with Crippen LogP contribution in [0.2, 0.25) is 0 Å². The first-order valence-electron chi connectivity index (χ1n) is 5.82. The molecule has 0 saturated heterocycles. The molecule has 2 aromatic carbocycles. The van der Waals surface area contributed by atoms with Crippen LogP contribution in [-0.2, 0) is 0 Å².